The molecule has 0 bridgehead atoms. The maximum Gasteiger partial charge on any atom is 0.243 e. The van der Waals surface area contributed by atoms with Crippen molar-refractivity contribution in [3.8, 4) is 11.5 Å². The van der Waals surface area contributed by atoms with Gasteiger partial charge < -0.3 is 20.1 Å². The Morgan fingerprint density at radius 1 is 1.08 bits per heavy atom. The van der Waals surface area contributed by atoms with Gasteiger partial charge in [0.05, 0.1) is 24.9 Å². The molecular weight excluding hydrogens is 316 g/mol. The molecule has 0 saturated heterocycles. The highest BCUT2D eigenvalue weighted by Crippen LogP contribution is 2.23. The molecule has 1 amide bonds. The lowest BCUT2D eigenvalue weighted by atomic mass is 10.2. The summed E-state index contributed by atoms with van der Waals surface area (Å²) >= 11 is 0. The number of hydrogen-bond donors (Lipinski definition) is 2. The molecule has 2 rings (SSSR count). The lowest BCUT2D eigenvalue weighted by Gasteiger charge is -2.14. The zero-order valence-electron chi connectivity index (χ0n) is 15.0. The van der Waals surface area contributed by atoms with Crippen LogP contribution in [-0.2, 0) is 4.79 Å². The molecule has 25 heavy (non-hydrogen) atoms. The second-order valence-corrected chi connectivity index (χ2v) is 5.69. The van der Waals surface area contributed by atoms with E-state index in [4.69, 9.17) is 9.47 Å². The Labute approximate surface area is 149 Å². The number of nitrogens with one attached hydrogen (secondary N) is 2. The maximum absolute atomic E-state index is 12.1. The topological polar surface area (TPSA) is 59.6 Å². The molecule has 0 heterocycles. The number of amides is 1. The van der Waals surface area contributed by atoms with E-state index < -0.39 is 0 Å². The molecular formula is C20H26N2O3. The quantitative estimate of drug-likeness (QED) is 0.713. The van der Waals surface area contributed by atoms with Crippen molar-refractivity contribution in [3.63, 3.8) is 0 Å². The predicted octanol–water partition coefficient (Wildman–Crippen LogP) is 4.31. The van der Waals surface area contributed by atoms with Gasteiger partial charge in [0.2, 0.25) is 5.91 Å². The normalized spacial score (nSPS) is 11.5. The first kappa shape index (κ1) is 18.6. The fraction of sp³-hybridized carbons (Fsp3) is 0.350. The van der Waals surface area contributed by atoms with Crippen LogP contribution in [0.25, 0.3) is 0 Å². The average molecular weight is 342 g/mol. The number of ether oxygens (including phenoxy) is 2. The minimum Gasteiger partial charge on any atom is -0.492 e. The third-order valence-corrected chi connectivity index (χ3v) is 3.68. The van der Waals surface area contributed by atoms with E-state index in [0.29, 0.717) is 18.0 Å². The molecule has 5 nitrogen and oxygen atoms in total. The van der Waals surface area contributed by atoms with Crippen LogP contribution in [0.2, 0.25) is 0 Å². The highest BCUT2D eigenvalue weighted by molar-refractivity contribution is 5.95. The van der Waals surface area contributed by atoms with Crippen LogP contribution in [0.1, 0.15) is 27.2 Å². The van der Waals surface area contributed by atoms with Crippen molar-refractivity contribution in [2.45, 2.75) is 33.3 Å². The van der Waals surface area contributed by atoms with Gasteiger partial charge in [0.25, 0.3) is 0 Å². The lowest BCUT2D eigenvalue weighted by Crippen LogP contribution is -2.22. The molecule has 5 heteroatoms. The van der Waals surface area contributed by atoms with Gasteiger partial charge in [-0.15, -0.1) is 0 Å². The SMILES string of the molecule is CCOc1ccccc1NC(=O)CNc1ccc(OC(C)CC)cc1. The van der Waals surface area contributed by atoms with Crippen molar-refractivity contribution < 1.29 is 14.3 Å². The predicted molar refractivity (Wildman–Crippen MR) is 102 cm³/mol. The standard InChI is InChI=1S/C20H26N2O3/c1-4-15(3)25-17-12-10-16(11-13-17)21-14-20(23)22-18-8-6-7-9-19(18)24-5-2/h6-13,15,21H,4-5,14H2,1-3H3,(H,22,23). The van der Waals surface area contributed by atoms with Gasteiger partial charge in [0.1, 0.15) is 11.5 Å². The summed E-state index contributed by atoms with van der Waals surface area (Å²) in [6.07, 6.45) is 1.15. The highest BCUT2D eigenvalue weighted by Gasteiger charge is 2.07. The zero-order chi connectivity index (χ0) is 18.1. The van der Waals surface area contributed by atoms with Gasteiger partial charge in [-0.05, 0) is 56.7 Å². The Hall–Kier alpha value is -2.69. The van der Waals surface area contributed by atoms with Gasteiger partial charge in [-0.25, -0.2) is 0 Å². The van der Waals surface area contributed by atoms with E-state index in [-0.39, 0.29) is 18.6 Å². The van der Waals surface area contributed by atoms with Crippen LogP contribution in [-0.4, -0.2) is 25.2 Å². The van der Waals surface area contributed by atoms with Crippen molar-refractivity contribution in [2.24, 2.45) is 0 Å². The average Bonchev–Trinajstić information content (AvgIpc) is 2.63. The summed E-state index contributed by atoms with van der Waals surface area (Å²) in [6, 6.07) is 15.0. The molecule has 134 valence electrons. The smallest absolute Gasteiger partial charge is 0.243 e. The number of carbonyl (C=O) groups is 1. The molecule has 0 aliphatic rings. The van der Waals surface area contributed by atoms with Gasteiger partial charge in [0, 0.05) is 5.69 Å². The second kappa shape index (κ2) is 9.57. The summed E-state index contributed by atoms with van der Waals surface area (Å²) in [5, 5.41) is 5.96. The molecule has 0 radical (unpaired) electrons. The summed E-state index contributed by atoms with van der Waals surface area (Å²) < 4.78 is 11.2. The number of anilines is 2. The van der Waals surface area contributed by atoms with Gasteiger partial charge in [0.15, 0.2) is 0 Å². The molecule has 2 aromatic carbocycles. The van der Waals surface area contributed by atoms with E-state index in [1.165, 1.54) is 0 Å². The second-order valence-electron chi connectivity index (χ2n) is 5.69. The first-order valence-corrected chi connectivity index (χ1v) is 8.64. The summed E-state index contributed by atoms with van der Waals surface area (Å²) in [5.74, 6) is 1.37. The Morgan fingerprint density at radius 3 is 2.48 bits per heavy atom. The van der Waals surface area contributed by atoms with Crippen molar-refractivity contribution in [1.82, 2.24) is 0 Å². The number of benzene rings is 2. The molecule has 0 fully saturated rings. The molecule has 2 N–H and O–H groups in total. The van der Waals surface area contributed by atoms with Crippen LogP contribution in [0.5, 0.6) is 11.5 Å². The van der Waals surface area contributed by atoms with Gasteiger partial charge in [-0.1, -0.05) is 19.1 Å². The van der Waals surface area contributed by atoms with E-state index >= 15 is 0 Å². The summed E-state index contributed by atoms with van der Waals surface area (Å²) in [7, 11) is 0. The Bertz CT molecular complexity index is 671. The van der Waals surface area contributed by atoms with Crippen molar-refractivity contribution in [3.05, 3.63) is 48.5 Å². The number of hydrogen-bond acceptors (Lipinski definition) is 4. The minimum absolute atomic E-state index is 0.132. The van der Waals surface area contributed by atoms with Crippen molar-refractivity contribution in [2.75, 3.05) is 23.8 Å². The van der Waals surface area contributed by atoms with Gasteiger partial charge >= 0.3 is 0 Å². The Morgan fingerprint density at radius 2 is 1.80 bits per heavy atom. The van der Waals surface area contributed by atoms with Gasteiger partial charge in [-0.3, -0.25) is 4.79 Å². The third-order valence-electron chi connectivity index (χ3n) is 3.68. The van der Waals surface area contributed by atoms with Crippen molar-refractivity contribution >= 4 is 17.3 Å². The Kier molecular flexibility index (Phi) is 7.14. The van der Waals surface area contributed by atoms with Crippen LogP contribution in [0.15, 0.2) is 48.5 Å². The van der Waals surface area contributed by atoms with Crippen LogP contribution in [0, 0.1) is 0 Å². The van der Waals surface area contributed by atoms with E-state index in [1.54, 1.807) is 0 Å². The van der Waals surface area contributed by atoms with E-state index in [2.05, 4.69) is 17.6 Å². The molecule has 1 atom stereocenters. The molecule has 0 aliphatic heterocycles. The van der Waals surface area contributed by atoms with E-state index in [1.807, 2.05) is 62.4 Å². The summed E-state index contributed by atoms with van der Waals surface area (Å²) in [6.45, 7) is 6.76. The molecule has 0 aliphatic carbocycles. The monoisotopic (exact) mass is 342 g/mol. The molecule has 2 aromatic rings. The molecule has 0 saturated carbocycles. The minimum atomic E-state index is -0.132. The maximum atomic E-state index is 12.1. The third kappa shape index (κ3) is 6.03. The van der Waals surface area contributed by atoms with Crippen LogP contribution in [0.3, 0.4) is 0 Å². The lowest BCUT2D eigenvalue weighted by molar-refractivity contribution is -0.114. The fourth-order valence-electron chi connectivity index (χ4n) is 2.20. The Balaban J connectivity index is 1.86. The van der Waals surface area contributed by atoms with Crippen molar-refractivity contribution in [1.29, 1.82) is 0 Å². The summed E-state index contributed by atoms with van der Waals surface area (Å²) in [5.41, 5.74) is 1.54. The van der Waals surface area contributed by atoms with Crippen LogP contribution >= 0.6 is 0 Å². The number of para-hydroxylation sites is 2. The van der Waals surface area contributed by atoms with Crippen LogP contribution < -0.4 is 20.1 Å². The van der Waals surface area contributed by atoms with Gasteiger partial charge in [-0.2, -0.15) is 0 Å². The zero-order valence-corrected chi connectivity index (χ0v) is 15.0. The first-order valence-electron chi connectivity index (χ1n) is 8.64. The van der Waals surface area contributed by atoms with E-state index in [0.717, 1.165) is 17.9 Å². The molecule has 0 spiro atoms. The van der Waals surface area contributed by atoms with E-state index in [9.17, 15) is 4.79 Å². The first-order chi connectivity index (χ1) is 12.1. The summed E-state index contributed by atoms with van der Waals surface area (Å²) in [4.78, 5) is 12.1. The number of carbonyl (C=O) groups excluding carboxylic acids is 1. The molecule has 1 unspecified atom stereocenters. The highest BCUT2D eigenvalue weighted by atomic mass is 16.5. The largest absolute Gasteiger partial charge is 0.492 e. The number of rotatable bonds is 9. The molecule has 0 aromatic heterocycles. The van der Waals surface area contributed by atoms with Crippen LogP contribution in [0.4, 0.5) is 11.4 Å². The fourth-order valence-corrected chi connectivity index (χ4v) is 2.20.